The number of nitrogens with one attached hydrogen (secondary N) is 2. The molecule has 1 saturated heterocycles. The molecule has 2 N–H and O–H groups in total. The predicted octanol–water partition coefficient (Wildman–Crippen LogP) is 2.75. The first kappa shape index (κ1) is 21.0. The van der Waals surface area contributed by atoms with E-state index in [4.69, 9.17) is 4.74 Å². The SMILES string of the molecule is O=C(NCCC(=O)OCC(=O)c1cccc(N2CCCC2=O)c1)Nc1ccccc1. The van der Waals surface area contributed by atoms with Crippen molar-refractivity contribution in [3.63, 3.8) is 0 Å². The van der Waals surface area contributed by atoms with Crippen LogP contribution in [0.4, 0.5) is 16.2 Å². The van der Waals surface area contributed by atoms with Crippen LogP contribution in [0, 0.1) is 0 Å². The lowest BCUT2D eigenvalue weighted by atomic mass is 10.1. The van der Waals surface area contributed by atoms with Gasteiger partial charge in [0, 0.05) is 36.4 Å². The third-order valence-corrected chi connectivity index (χ3v) is 4.56. The summed E-state index contributed by atoms with van der Waals surface area (Å²) in [5.74, 6) is -0.907. The molecule has 1 aliphatic heterocycles. The number of amides is 3. The summed E-state index contributed by atoms with van der Waals surface area (Å²) in [7, 11) is 0. The minimum Gasteiger partial charge on any atom is -0.457 e. The van der Waals surface area contributed by atoms with Crippen LogP contribution in [0.3, 0.4) is 0 Å². The van der Waals surface area contributed by atoms with E-state index in [9.17, 15) is 19.2 Å². The Bertz CT molecular complexity index is 929. The smallest absolute Gasteiger partial charge is 0.319 e. The van der Waals surface area contributed by atoms with E-state index < -0.39 is 18.6 Å². The van der Waals surface area contributed by atoms with Gasteiger partial charge in [0.25, 0.3) is 0 Å². The molecule has 2 aromatic rings. The summed E-state index contributed by atoms with van der Waals surface area (Å²) in [6.07, 6.45) is 1.25. The number of anilines is 2. The standard InChI is InChI=1S/C22H23N3O5/c26-19(16-6-4-9-18(14-16)25-13-5-10-20(25)27)15-30-21(28)11-12-23-22(29)24-17-7-2-1-3-8-17/h1-4,6-9,14H,5,10-13,15H2,(H2,23,24,29). The lowest BCUT2D eigenvalue weighted by Crippen LogP contribution is -2.31. The van der Waals surface area contributed by atoms with E-state index in [-0.39, 0.29) is 24.7 Å². The first-order valence-electron chi connectivity index (χ1n) is 9.72. The Morgan fingerprint density at radius 2 is 1.83 bits per heavy atom. The average molecular weight is 409 g/mol. The van der Waals surface area contributed by atoms with Crippen LogP contribution in [0.1, 0.15) is 29.6 Å². The summed E-state index contributed by atoms with van der Waals surface area (Å²) >= 11 is 0. The van der Waals surface area contributed by atoms with Crippen LogP contribution in [0.5, 0.6) is 0 Å². The van der Waals surface area contributed by atoms with E-state index in [1.54, 1.807) is 53.4 Å². The first-order chi connectivity index (χ1) is 14.5. The molecular weight excluding hydrogens is 386 g/mol. The molecule has 1 aliphatic rings. The van der Waals surface area contributed by atoms with Crippen LogP contribution in [0.25, 0.3) is 0 Å². The predicted molar refractivity (Wildman–Crippen MR) is 111 cm³/mol. The molecule has 0 saturated carbocycles. The summed E-state index contributed by atoms with van der Waals surface area (Å²) < 4.78 is 5.00. The fourth-order valence-electron chi connectivity index (χ4n) is 3.04. The number of esters is 1. The van der Waals surface area contributed by atoms with Gasteiger partial charge in [0.15, 0.2) is 12.4 Å². The summed E-state index contributed by atoms with van der Waals surface area (Å²) in [5.41, 5.74) is 1.68. The average Bonchev–Trinajstić information content (AvgIpc) is 3.18. The Morgan fingerprint density at radius 3 is 2.57 bits per heavy atom. The number of benzene rings is 2. The van der Waals surface area contributed by atoms with Gasteiger partial charge in [-0.2, -0.15) is 0 Å². The van der Waals surface area contributed by atoms with E-state index in [0.717, 1.165) is 6.42 Å². The van der Waals surface area contributed by atoms with Crippen molar-refractivity contribution in [2.45, 2.75) is 19.3 Å². The number of hydrogen-bond donors (Lipinski definition) is 2. The molecule has 3 amide bonds. The van der Waals surface area contributed by atoms with Crippen molar-refractivity contribution in [3.05, 3.63) is 60.2 Å². The number of urea groups is 1. The lowest BCUT2D eigenvalue weighted by molar-refractivity contribution is -0.142. The van der Waals surface area contributed by atoms with E-state index in [2.05, 4.69) is 10.6 Å². The zero-order chi connectivity index (χ0) is 21.3. The van der Waals surface area contributed by atoms with Gasteiger partial charge in [0.2, 0.25) is 5.91 Å². The number of carbonyl (C=O) groups is 4. The molecule has 0 aromatic heterocycles. The summed E-state index contributed by atoms with van der Waals surface area (Å²) in [4.78, 5) is 49.4. The highest BCUT2D eigenvalue weighted by Crippen LogP contribution is 2.22. The highest BCUT2D eigenvalue weighted by atomic mass is 16.5. The van der Waals surface area contributed by atoms with Crippen molar-refractivity contribution < 1.29 is 23.9 Å². The highest BCUT2D eigenvalue weighted by Gasteiger charge is 2.22. The molecule has 0 unspecified atom stereocenters. The molecule has 0 aliphatic carbocycles. The van der Waals surface area contributed by atoms with Crippen molar-refractivity contribution in [2.24, 2.45) is 0 Å². The number of Topliss-reactive ketones (excluding diaryl/α,β-unsaturated/α-hetero) is 1. The fraction of sp³-hybridized carbons (Fsp3) is 0.273. The molecule has 2 aromatic carbocycles. The maximum absolute atomic E-state index is 12.3. The first-order valence-corrected chi connectivity index (χ1v) is 9.72. The maximum atomic E-state index is 12.3. The van der Waals surface area contributed by atoms with Gasteiger partial charge in [-0.3, -0.25) is 14.4 Å². The summed E-state index contributed by atoms with van der Waals surface area (Å²) in [5, 5.41) is 5.19. The van der Waals surface area contributed by atoms with Crippen LogP contribution in [-0.2, 0) is 14.3 Å². The van der Waals surface area contributed by atoms with Crippen molar-refractivity contribution in [2.75, 3.05) is 29.9 Å². The van der Waals surface area contributed by atoms with Crippen molar-refractivity contribution in [1.29, 1.82) is 0 Å². The topological polar surface area (TPSA) is 105 Å². The molecule has 0 atom stereocenters. The van der Waals surface area contributed by atoms with Crippen LogP contribution in [0.15, 0.2) is 54.6 Å². The van der Waals surface area contributed by atoms with Gasteiger partial charge in [-0.1, -0.05) is 30.3 Å². The number of hydrogen-bond acceptors (Lipinski definition) is 5. The molecule has 1 fully saturated rings. The quantitative estimate of drug-likeness (QED) is 0.515. The minimum atomic E-state index is -0.589. The molecule has 8 heteroatoms. The molecule has 0 spiro atoms. The summed E-state index contributed by atoms with van der Waals surface area (Å²) in [6.45, 7) is 0.320. The lowest BCUT2D eigenvalue weighted by Gasteiger charge is -2.16. The van der Waals surface area contributed by atoms with Gasteiger partial charge < -0.3 is 20.3 Å². The Labute approximate surface area is 174 Å². The number of para-hydroxylation sites is 1. The maximum Gasteiger partial charge on any atom is 0.319 e. The van der Waals surface area contributed by atoms with E-state index in [1.807, 2.05) is 6.07 Å². The van der Waals surface area contributed by atoms with Crippen LogP contribution < -0.4 is 15.5 Å². The van der Waals surface area contributed by atoms with Crippen LogP contribution >= 0.6 is 0 Å². The molecule has 1 heterocycles. The number of carbonyl (C=O) groups excluding carboxylic acids is 4. The van der Waals surface area contributed by atoms with E-state index >= 15 is 0 Å². The largest absolute Gasteiger partial charge is 0.457 e. The Morgan fingerprint density at radius 1 is 1.03 bits per heavy atom. The van der Waals surface area contributed by atoms with E-state index in [0.29, 0.717) is 29.9 Å². The normalized spacial score (nSPS) is 13.1. The second kappa shape index (κ2) is 10.2. The summed E-state index contributed by atoms with van der Waals surface area (Å²) in [6, 6.07) is 15.2. The zero-order valence-electron chi connectivity index (χ0n) is 16.4. The molecule has 0 radical (unpaired) electrons. The third-order valence-electron chi connectivity index (χ3n) is 4.56. The second-order valence-corrected chi connectivity index (χ2v) is 6.78. The van der Waals surface area contributed by atoms with Gasteiger partial charge >= 0.3 is 12.0 Å². The Balaban J connectivity index is 1.40. The molecule has 0 bridgehead atoms. The Kier molecular flexibility index (Phi) is 7.15. The zero-order valence-corrected chi connectivity index (χ0v) is 16.4. The number of nitrogens with zero attached hydrogens (tertiary/aromatic N) is 1. The van der Waals surface area contributed by atoms with Gasteiger partial charge in [-0.15, -0.1) is 0 Å². The van der Waals surface area contributed by atoms with Crippen molar-refractivity contribution in [1.82, 2.24) is 5.32 Å². The van der Waals surface area contributed by atoms with Crippen molar-refractivity contribution >= 4 is 35.1 Å². The number of rotatable bonds is 8. The minimum absolute atomic E-state index is 0.0369. The third kappa shape index (κ3) is 5.91. The van der Waals surface area contributed by atoms with Crippen LogP contribution in [0.2, 0.25) is 0 Å². The van der Waals surface area contributed by atoms with E-state index in [1.165, 1.54) is 0 Å². The number of ether oxygens (including phenoxy) is 1. The second-order valence-electron chi connectivity index (χ2n) is 6.78. The van der Waals surface area contributed by atoms with Gasteiger partial charge in [0.05, 0.1) is 6.42 Å². The van der Waals surface area contributed by atoms with Gasteiger partial charge in [0.1, 0.15) is 0 Å². The van der Waals surface area contributed by atoms with Gasteiger partial charge in [-0.05, 0) is 30.7 Å². The highest BCUT2D eigenvalue weighted by molar-refractivity contribution is 6.01. The van der Waals surface area contributed by atoms with Crippen molar-refractivity contribution in [3.8, 4) is 0 Å². The fourth-order valence-corrected chi connectivity index (χ4v) is 3.04. The Hall–Kier alpha value is -3.68. The molecular formula is C22H23N3O5. The van der Waals surface area contributed by atoms with Gasteiger partial charge in [-0.25, -0.2) is 4.79 Å². The monoisotopic (exact) mass is 409 g/mol. The molecule has 8 nitrogen and oxygen atoms in total. The molecule has 30 heavy (non-hydrogen) atoms. The number of ketones is 1. The van der Waals surface area contributed by atoms with Crippen LogP contribution in [-0.4, -0.2) is 43.4 Å². The molecule has 3 rings (SSSR count). The molecule has 156 valence electrons.